The number of hydrogen-bond donors (Lipinski definition) is 2. The highest BCUT2D eigenvalue weighted by molar-refractivity contribution is 9.10. The average Bonchev–Trinajstić information content (AvgIpc) is 2.59. The number of carbonyl (C=O) groups excluding carboxylic acids is 2. The van der Waals surface area contributed by atoms with Crippen LogP contribution in [0.15, 0.2) is 46.0 Å². The van der Waals surface area contributed by atoms with Crippen LogP contribution in [0.1, 0.15) is 22.3 Å². The van der Waals surface area contributed by atoms with Crippen LogP contribution < -0.4 is 10.7 Å². The van der Waals surface area contributed by atoms with E-state index in [1.54, 1.807) is 12.1 Å². The zero-order valence-corrected chi connectivity index (χ0v) is 16.0. The van der Waals surface area contributed by atoms with Crippen molar-refractivity contribution in [3.05, 3.63) is 63.1 Å². The Labute approximate surface area is 159 Å². The summed E-state index contributed by atoms with van der Waals surface area (Å²) in [5.41, 5.74) is 7.62. The standard InChI is InChI=1S/C19H18BrN3O3/c1-11-7-14(20)8-12(2)16(11)9-18(24)21-15-5-3-13(4-6-15)17-10-26-19(25)23-22-17/h3-8H,9-10H2,1-2H3,(H,21,24)(H,23,25). The van der Waals surface area contributed by atoms with Crippen molar-refractivity contribution in [2.75, 3.05) is 11.9 Å². The summed E-state index contributed by atoms with van der Waals surface area (Å²) in [6.07, 6.45) is -0.240. The summed E-state index contributed by atoms with van der Waals surface area (Å²) in [5, 5.41) is 6.86. The van der Waals surface area contributed by atoms with Crippen molar-refractivity contribution in [3.8, 4) is 0 Å². The minimum atomic E-state index is -0.559. The Morgan fingerprint density at radius 1 is 1.23 bits per heavy atom. The van der Waals surface area contributed by atoms with Gasteiger partial charge in [0, 0.05) is 15.7 Å². The molecule has 0 aliphatic carbocycles. The maximum atomic E-state index is 12.4. The van der Waals surface area contributed by atoms with Crippen LogP contribution in [0, 0.1) is 13.8 Å². The van der Waals surface area contributed by atoms with Crippen molar-refractivity contribution in [2.24, 2.45) is 5.10 Å². The fourth-order valence-electron chi connectivity index (χ4n) is 2.79. The van der Waals surface area contributed by atoms with Crippen LogP contribution in [-0.2, 0) is 16.0 Å². The van der Waals surface area contributed by atoms with Gasteiger partial charge in [0.15, 0.2) is 0 Å². The second-order valence-electron chi connectivity index (χ2n) is 6.07. The van der Waals surface area contributed by atoms with E-state index in [1.165, 1.54) is 0 Å². The van der Waals surface area contributed by atoms with Crippen molar-refractivity contribution < 1.29 is 14.3 Å². The molecule has 0 unspecified atom stereocenters. The first-order valence-corrected chi connectivity index (χ1v) is 8.87. The molecule has 26 heavy (non-hydrogen) atoms. The summed E-state index contributed by atoms with van der Waals surface area (Å²) in [7, 11) is 0. The quantitative estimate of drug-likeness (QED) is 0.798. The molecule has 3 rings (SSSR count). The van der Waals surface area contributed by atoms with Crippen LogP contribution in [0.4, 0.5) is 10.5 Å². The molecule has 7 heteroatoms. The molecular weight excluding hydrogens is 398 g/mol. The molecule has 0 radical (unpaired) electrons. The zero-order valence-electron chi connectivity index (χ0n) is 14.4. The van der Waals surface area contributed by atoms with E-state index < -0.39 is 6.09 Å². The molecule has 0 saturated carbocycles. The number of benzene rings is 2. The molecule has 1 aliphatic rings. The predicted octanol–water partition coefficient (Wildman–Crippen LogP) is 3.69. The Kier molecular flexibility index (Phi) is 5.37. The molecule has 134 valence electrons. The second kappa shape index (κ2) is 7.70. The summed E-state index contributed by atoms with van der Waals surface area (Å²) in [6, 6.07) is 11.3. The molecule has 6 nitrogen and oxygen atoms in total. The van der Waals surface area contributed by atoms with Gasteiger partial charge < -0.3 is 10.1 Å². The number of halogens is 1. The maximum Gasteiger partial charge on any atom is 0.428 e. The first-order chi connectivity index (χ1) is 12.4. The molecule has 0 spiro atoms. The molecule has 0 fully saturated rings. The van der Waals surface area contributed by atoms with Gasteiger partial charge in [0.2, 0.25) is 5.91 Å². The highest BCUT2D eigenvalue weighted by Crippen LogP contribution is 2.21. The molecule has 1 heterocycles. The second-order valence-corrected chi connectivity index (χ2v) is 6.98. The summed E-state index contributed by atoms with van der Waals surface area (Å²) >= 11 is 3.47. The SMILES string of the molecule is Cc1cc(Br)cc(C)c1CC(=O)Nc1ccc(C2=NNC(=O)OC2)cc1. The largest absolute Gasteiger partial charge is 0.442 e. The zero-order chi connectivity index (χ0) is 18.7. The van der Waals surface area contributed by atoms with Gasteiger partial charge in [-0.1, -0.05) is 28.1 Å². The third-order valence-electron chi connectivity index (χ3n) is 4.12. The lowest BCUT2D eigenvalue weighted by atomic mass is 10.00. The van der Waals surface area contributed by atoms with Crippen LogP contribution in [-0.4, -0.2) is 24.3 Å². The van der Waals surface area contributed by atoms with Gasteiger partial charge in [-0.3, -0.25) is 4.79 Å². The Bertz CT molecular complexity index is 868. The minimum Gasteiger partial charge on any atom is -0.442 e. The van der Waals surface area contributed by atoms with E-state index in [1.807, 2.05) is 38.1 Å². The monoisotopic (exact) mass is 415 g/mol. The van der Waals surface area contributed by atoms with E-state index >= 15 is 0 Å². The highest BCUT2D eigenvalue weighted by atomic mass is 79.9. The van der Waals surface area contributed by atoms with E-state index in [9.17, 15) is 9.59 Å². The number of rotatable bonds is 4. The normalized spacial score (nSPS) is 13.5. The van der Waals surface area contributed by atoms with Crippen molar-refractivity contribution in [2.45, 2.75) is 20.3 Å². The topological polar surface area (TPSA) is 79.8 Å². The molecule has 2 aromatic carbocycles. The van der Waals surface area contributed by atoms with Gasteiger partial charge in [0.25, 0.3) is 0 Å². The van der Waals surface area contributed by atoms with Crippen LogP contribution in [0.25, 0.3) is 0 Å². The van der Waals surface area contributed by atoms with E-state index in [0.717, 1.165) is 26.7 Å². The summed E-state index contributed by atoms with van der Waals surface area (Å²) in [4.78, 5) is 23.3. The van der Waals surface area contributed by atoms with Gasteiger partial charge in [-0.2, -0.15) is 5.10 Å². The van der Waals surface area contributed by atoms with Gasteiger partial charge in [-0.05, 0) is 54.8 Å². The lowest BCUT2D eigenvalue weighted by molar-refractivity contribution is -0.115. The molecule has 1 aliphatic heterocycles. The minimum absolute atomic E-state index is 0.0723. The maximum absolute atomic E-state index is 12.4. The highest BCUT2D eigenvalue weighted by Gasteiger charge is 2.14. The number of aryl methyl sites for hydroxylation is 2. The van der Waals surface area contributed by atoms with Crippen LogP contribution in [0.3, 0.4) is 0 Å². The number of nitrogens with one attached hydrogen (secondary N) is 2. The molecule has 0 bridgehead atoms. The molecule has 2 amide bonds. The predicted molar refractivity (Wildman–Crippen MR) is 103 cm³/mol. The summed E-state index contributed by atoms with van der Waals surface area (Å²) in [5.74, 6) is -0.0723. The number of cyclic esters (lactones) is 1. The van der Waals surface area contributed by atoms with Crippen molar-refractivity contribution in [1.29, 1.82) is 0 Å². The van der Waals surface area contributed by atoms with Crippen molar-refractivity contribution in [3.63, 3.8) is 0 Å². The Hall–Kier alpha value is -2.67. The third kappa shape index (κ3) is 4.29. The Morgan fingerprint density at radius 3 is 2.46 bits per heavy atom. The van der Waals surface area contributed by atoms with Crippen LogP contribution in [0.5, 0.6) is 0 Å². The van der Waals surface area contributed by atoms with Gasteiger partial charge in [0.1, 0.15) is 12.3 Å². The number of ether oxygens (including phenoxy) is 1. The number of carbonyl (C=O) groups is 2. The van der Waals surface area contributed by atoms with E-state index in [4.69, 9.17) is 4.74 Å². The Morgan fingerprint density at radius 2 is 1.88 bits per heavy atom. The van der Waals surface area contributed by atoms with Crippen LogP contribution >= 0.6 is 15.9 Å². The molecule has 2 N–H and O–H groups in total. The smallest absolute Gasteiger partial charge is 0.428 e. The molecule has 0 aromatic heterocycles. The summed E-state index contributed by atoms with van der Waals surface area (Å²) in [6.45, 7) is 4.13. The lowest BCUT2D eigenvalue weighted by Gasteiger charge is -2.14. The third-order valence-corrected chi connectivity index (χ3v) is 4.58. The van der Waals surface area contributed by atoms with E-state index in [2.05, 4.69) is 31.8 Å². The van der Waals surface area contributed by atoms with Gasteiger partial charge >= 0.3 is 6.09 Å². The number of hydrazone groups is 1. The van der Waals surface area contributed by atoms with Gasteiger partial charge in [-0.15, -0.1) is 0 Å². The molecule has 0 saturated heterocycles. The summed E-state index contributed by atoms with van der Waals surface area (Å²) < 4.78 is 5.89. The van der Waals surface area contributed by atoms with Crippen LogP contribution in [0.2, 0.25) is 0 Å². The van der Waals surface area contributed by atoms with E-state index in [-0.39, 0.29) is 12.5 Å². The Balaban J connectivity index is 1.66. The average molecular weight is 416 g/mol. The van der Waals surface area contributed by atoms with E-state index in [0.29, 0.717) is 17.8 Å². The number of nitrogens with zero attached hydrogens (tertiary/aromatic N) is 1. The number of anilines is 1. The molecular formula is C19H18BrN3O3. The molecule has 2 aromatic rings. The van der Waals surface area contributed by atoms with Crippen molar-refractivity contribution >= 4 is 39.3 Å². The lowest BCUT2D eigenvalue weighted by Crippen LogP contribution is -2.30. The fourth-order valence-corrected chi connectivity index (χ4v) is 3.48. The number of amides is 2. The number of hydrogen-bond acceptors (Lipinski definition) is 4. The van der Waals surface area contributed by atoms with Gasteiger partial charge in [0.05, 0.1) is 6.42 Å². The molecule has 0 atom stereocenters. The fraction of sp³-hybridized carbons (Fsp3) is 0.211. The van der Waals surface area contributed by atoms with Crippen molar-refractivity contribution in [1.82, 2.24) is 5.43 Å². The van der Waals surface area contributed by atoms with Gasteiger partial charge in [-0.25, -0.2) is 10.2 Å². The first kappa shape index (κ1) is 18.1. The first-order valence-electron chi connectivity index (χ1n) is 8.07.